The van der Waals surface area contributed by atoms with Crippen LogP contribution in [-0.4, -0.2) is 37.3 Å². The molecule has 1 atom stereocenters. The first-order chi connectivity index (χ1) is 16.9. The Labute approximate surface area is 215 Å². The molecule has 1 heterocycles. The molecule has 3 aromatic carbocycles. The Balaban J connectivity index is 1.43. The SMILES string of the molecule is Cc1cc(Cl)ccc1N1CCN(C(=O)C2(c3ccc(OCF)cc3)CC2)CC1c1ccc(Cl)cc1. The van der Waals surface area contributed by atoms with Crippen molar-refractivity contribution in [1.82, 2.24) is 4.90 Å². The van der Waals surface area contributed by atoms with Gasteiger partial charge in [0.05, 0.1) is 11.5 Å². The van der Waals surface area contributed by atoms with E-state index < -0.39 is 12.3 Å². The molecule has 0 aromatic heterocycles. The van der Waals surface area contributed by atoms with Crippen LogP contribution in [0.25, 0.3) is 0 Å². The van der Waals surface area contributed by atoms with Gasteiger partial charge in [-0.3, -0.25) is 4.79 Å². The van der Waals surface area contributed by atoms with Crippen LogP contribution in [0.2, 0.25) is 10.0 Å². The number of aryl methyl sites for hydroxylation is 1. The lowest BCUT2D eigenvalue weighted by Crippen LogP contribution is -2.53. The van der Waals surface area contributed by atoms with Gasteiger partial charge in [0, 0.05) is 35.4 Å². The third kappa shape index (κ3) is 4.72. The third-order valence-corrected chi connectivity index (χ3v) is 7.67. The summed E-state index contributed by atoms with van der Waals surface area (Å²) >= 11 is 12.4. The number of piperazine rings is 1. The van der Waals surface area contributed by atoms with Gasteiger partial charge in [-0.05, 0) is 78.9 Å². The predicted octanol–water partition coefficient (Wildman–Crippen LogP) is 6.73. The van der Waals surface area contributed by atoms with E-state index in [4.69, 9.17) is 27.9 Å². The van der Waals surface area contributed by atoms with E-state index in [0.29, 0.717) is 35.4 Å². The van der Waals surface area contributed by atoms with Crippen LogP contribution < -0.4 is 9.64 Å². The van der Waals surface area contributed by atoms with Crippen LogP contribution in [-0.2, 0) is 10.2 Å². The second kappa shape index (κ2) is 9.71. The third-order valence-electron chi connectivity index (χ3n) is 7.18. The van der Waals surface area contributed by atoms with E-state index in [9.17, 15) is 9.18 Å². The smallest absolute Gasteiger partial charge is 0.233 e. The lowest BCUT2D eigenvalue weighted by Gasteiger charge is -2.44. The molecule has 2 aliphatic rings. The van der Waals surface area contributed by atoms with Crippen LogP contribution in [0.4, 0.5) is 10.1 Å². The highest BCUT2D eigenvalue weighted by Crippen LogP contribution is 2.50. The van der Waals surface area contributed by atoms with Crippen molar-refractivity contribution in [1.29, 1.82) is 0 Å². The summed E-state index contributed by atoms with van der Waals surface area (Å²) in [6.07, 6.45) is 1.63. The molecule has 0 radical (unpaired) electrons. The second-order valence-electron chi connectivity index (χ2n) is 9.30. The fourth-order valence-electron chi connectivity index (χ4n) is 5.15. The van der Waals surface area contributed by atoms with Crippen molar-refractivity contribution in [2.24, 2.45) is 0 Å². The molecule has 0 spiro atoms. The van der Waals surface area contributed by atoms with E-state index in [1.165, 1.54) is 0 Å². The van der Waals surface area contributed by atoms with Gasteiger partial charge in [-0.15, -0.1) is 0 Å². The minimum atomic E-state index is -0.868. The Hall–Kier alpha value is -2.76. The fraction of sp³-hybridized carbons (Fsp3) is 0.321. The van der Waals surface area contributed by atoms with E-state index in [2.05, 4.69) is 17.9 Å². The molecule has 7 heteroatoms. The maximum absolute atomic E-state index is 13.9. The summed E-state index contributed by atoms with van der Waals surface area (Å²) < 4.78 is 17.4. The maximum atomic E-state index is 13.9. The summed E-state index contributed by atoms with van der Waals surface area (Å²) in [5.41, 5.74) is 3.79. The summed E-state index contributed by atoms with van der Waals surface area (Å²) in [4.78, 5) is 18.2. The van der Waals surface area contributed by atoms with Crippen LogP contribution in [0.15, 0.2) is 66.7 Å². The highest BCUT2D eigenvalue weighted by Gasteiger charge is 2.53. The summed E-state index contributed by atoms with van der Waals surface area (Å²) in [6.45, 7) is 3.12. The Kier molecular flexibility index (Phi) is 6.65. The number of nitrogens with zero attached hydrogens (tertiary/aromatic N) is 2. The fourth-order valence-corrected chi connectivity index (χ4v) is 5.51. The zero-order chi connectivity index (χ0) is 24.6. The lowest BCUT2D eigenvalue weighted by molar-refractivity contribution is -0.134. The number of alkyl halides is 1. The highest BCUT2D eigenvalue weighted by atomic mass is 35.5. The molecule has 1 aliphatic carbocycles. The van der Waals surface area contributed by atoms with Crippen molar-refractivity contribution in [3.63, 3.8) is 0 Å². The molecule has 5 rings (SSSR count). The van der Waals surface area contributed by atoms with Crippen molar-refractivity contribution in [2.45, 2.75) is 31.2 Å². The first-order valence-electron chi connectivity index (χ1n) is 11.8. The summed E-state index contributed by atoms with van der Waals surface area (Å²) in [5, 5.41) is 1.39. The van der Waals surface area contributed by atoms with E-state index in [1.807, 2.05) is 53.4 Å². The average molecular weight is 513 g/mol. The quantitative estimate of drug-likeness (QED) is 0.367. The van der Waals surface area contributed by atoms with E-state index in [0.717, 1.165) is 35.2 Å². The van der Waals surface area contributed by atoms with Gasteiger partial charge in [0.15, 0.2) is 0 Å². The van der Waals surface area contributed by atoms with E-state index in [-0.39, 0.29) is 11.9 Å². The topological polar surface area (TPSA) is 32.8 Å². The van der Waals surface area contributed by atoms with Gasteiger partial charge in [0.1, 0.15) is 5.75 Å². The van der Waals surface area contributed by atoms with Gasteiger partial charge >= 0.3 is 0 Å². The van der Waals surface area contributed by atoms with Crippen molar-refractivity contribution in [3.8, 4) is 5.75 Å². The molecule has 1 saturated carbocycles. The minimum Gasteiger partial charge on any atom is -0.463 e. The van der Waals surface area contributed by atoms with Crippen molar-refractivity contribution >= 4 is 34.8 Å². The molecule has 1 saturated heterocycles. The standard InChI is InChI=1S/C28H27Cl2FN2O2/c1-19-16-23(30)8-11-25(19)33-15-14-32(17-26(33)20-2-6-22(29)7-3-20)27(34)28(12-13-28)21-4-9-24(10-5-21)35-18-31/h2-11,16,26H,12-15,17-18H2,1H3. The number of halogens is 3. The second-order valence-corrected chi connectivity index (χ2v) is 10.2. The van der Waals surface area contributed by atoms with Gasteiger partial charge in [0.2, 0.25) is 12.8 Å². The van der Waals surface area contributed by atoms with Crippen LogP contribution in [0.5, 0.6) is 5.75 Å². The number of amides is 1. The first-order valence-corrected chi connectivity index (χ1v) is 12.5. The molecule has 0 bridgehead atoms. The molecule has 182 valence electrons. The molecule has 4 nitrogen and oxygen atoms in total. The Morgan fingerprint density at radius 2 is 1.69 bits per heavy atom. The number of hydrogen-bond acceptors (Lipinski definition) is 3. The summed E-state index contributed by atoms with van der Waals surface area (Å²) in [7, 11) is 0. The molecule has 35 heavy (non-hydrogen) atoms. The molecule has 1 aliphatic heterocycles. The zero-order valence-electron chi connectivity index (χ0n) is 19.5. The van der Waals surface area contributed by atoms with Gasteiger partial charge in [-0.1, -0.05) is 47.5 Å². The molecular formula is C28H27Cl2FN2O2. The largest absolute Gasteiger partial charge is 0.463 e. The molecule has 2 fully saturated rings. The number of rotatable bonds is 6. The lowest BCUT2D eigenvalue weighted by atomic mass is 9.92. The molecule has 1 unspecified atom stereocenters. The highest BCUT2D eigenvalue weighted by molar-refractivity contribution is 6.31. The normalized spacial score (nSPS) is 18.9. The number of anilines is 1. The monoisotopic (exact) mass is 512 g/mol. The number of hydrogen-bond donors (Lipinski definition) is 0. The summed E-state index contributed by atoms with van der Waals surface area (Å²) in [6, 6.07) is 21.0. The zero-order valence-corrected chi connectivity index (χ0v) is 21.0. The van der Waals surface area contributed by atoms with Gasteiger partial charge in [-0.2, -0.15) is 0 Å². The Bertz CT molecular complexity index is 1210. The van der Waals surface area contributed by atoms with Gasteiger partial charge in [0.25, 0.3) is 0 Å². The molecule has 1 amide bonds. The summed E-state index contributed by atoms with van der Waals surface area (Å²) in [5.74, 6) is 0.623. The number of ether oxygens (including phenoxy) is 1. The van der Waals surface area contributed by atoms with E-state index in [1.54, 1.807) is 12.1 Å². The van der Waals surface area contributed by atoms with Crippen molar-refractivity contribution in [2.75, 3.05) is 31.4 Å². The van der Waals surface area contributed by atoms with Gasteiger partial charge < -0.3 is 14.5 Å². The predicted molar refractivity (Wildman–Crippen MR) is 138 cm³/mol. The van der Waals surface area contributed by atoms with Crippen LogP contribution in [0.3, 0.4) is 0 Å². The maximum Gasteiger partial charge on any atom is 0.233 e. The Morgan fingerprint density at radius 3 is 2.31 bits per heavy atom. The Morgan fingerprint density at radius 1 is 1.00 bits per heavy atom. The number of carbonyl (C=O) groups excluding carboxylic acids is 1. The molecular weight excluding hydrogens is 486 g/mol. The first kappa shape index (κ1) is 24.0. The van der Waals surface area contributed by atoms with E-state index >= 15 is 0 Å². The van der Waals surface area contributed by atoms with Gasteiger partial charge in [-0.25, -0.2) is 4.39 Å². The number of benzene rings is 3. The van der Waals surface area contributed by atoms with Crippen LogP contribution in [0, 0.1) is 6.92 Å². The minimum absolute atomic E-state index is 0.0130. The number of carbonyl (C=O) groups is 1. The van der Waals surface area contributed by atoms with Crippen molar-refractivity contribution < 1.29 is 13.9 Å². The molecule has 0 N–H and O–H groups in total. The average Bonchev–Trinajstić information content (AvgIpc) is 3.67. The van der Waals surface area contributed by atoms with Crippen LogP contribution in [0.1, 0.15) is 35.6 Å². The van der Waals surface area contributed by atoms with Crippen molar-refractivity contribution in [3.05, 3.63) is 93.5 Å². The van der Waals surface area contributed by atoms with Crippen LogP contribution >= 0.6 is 23.2 Å². The molecule has 3 aromatic rings.